The third-order valence-corrected chi connectivity index (χ3v) is 2.43. The zero-order valence-electron chi connectivity index (χ0n) is 9.06. The minimum Gasteiger partial charge on any atom is -0.130 e. The maximum atomic E-state index is 4.35. The van der Waals surface area contributed by atoms with Gasteiger partial charge in [-0.2, -0.15) is 0 Å². The fourth-order valence-corrected chi connectivity index (χ4v) is 1.59. The van der Waals surface area contributed by atoms with Crippen LogP contribution in [-0.4, -0.2) is 20.2 Å². The van der Waals surface area contributed by atoms with E-state index in [2.05, 4.69) is 15.4 Å². The molecule has 3 rings (SSSR count). The van der Waals surface area contributed by atoms with Gasteiger partial charge in [0.1, 0.15) is 0 Å². The van der Waals surface area contributed by atoms with Gasteiger partial charge in [0, 0.05) is 5.56 Å². The van der Waals surface area contributed by atoms with Crippen molar-refractivity contribution in [1.29, 1.82) is 0 Å². The van der Waals surface area contributed by atoms with E-state index in [0.29, 0.717) is 5.82 Å². The van der Waals surface area contributed by atoms with E-state index in [1.807, 2.05) is 60.7 Å². The van der Waals surface area contributed by atoms with Crippen molar-refractivity contribution in [1.82, 2.24) is 20.2 Å². The maximum Gasteiger partial charge on any atom is 0.205 e. The summed E-state index contributed by atoms with van der Waals surface area (Å²) in [7, 11) is 0. The van der Waals surface area contributed by atoms with E-state index in [4.69, 9.17) is 0 Å². The van der Waals surface area contributed by atoms with E-state index in [1.165, 1.54) is 4.80 Å². The van der Waals surface area contributed by atoms with E-state index < -0.39 is 0 Å². The van der Waals surface area contributed by atoms with Gasteiger partial charge in [-0.25, -0.2) is 0 Å². The highest BCUT2D eigenvalue weighted by molar-refractivity contribution is 5.53. The highest BCUT2D eigenvalue weighted by Crippen LogP contribution is 2.13. The molecule has 17 heavy (non-hydrogen) atoms. The summed E-state index contributed by atoms with van der Waals surface area (Å²) >= 11 is 0. The second-order valence-electron chi connectivity index (χ2n) is 3.60. The molecule has 0 aliphatic carbocycles. The highest BCUT2D eigenvalue weighted by atomic mass is 15.8. The Bertz CT molecular complexity index is 548. The molecule has 2 aromatic carbocycles. The Labute approximate surface area is 98.5 Å². The molecular weight excluding hydrogens is 214 g/mol. The van der Waals surface area contributed by atoms with Crippen LogP contribution >= 0.6 is 0 Å². The van der Waals surface area contributed by atoms with Crippen LogP contribution in [0.25, 0.3) is 17.1 Å². The minimum absolute atomic E-state index is 0.634. The molecule has 1 aromatic heterocycles. The summed E-state index contributed by atoms with van der Waals surface area (Å²) in [6.07, 6.45) is 0. The number of hydrogen-bond acceptors (Lipinski definition) is 3. The molecule has 4 nitrogen and oxygen atoms in total. The second-order valence-corrected chi connectivity index (χ2v) is 3.60. The van der Waals surface area contributed by atoms with Crippen molar-refractivity contribution < 1.29 is 0 Å². The fourth-order valence-electron chi connectivity index (χ4n) is 1.59. The molecule has 0 fully saturated rings. The molecule has 0 spiro atoms. The summed E-state index contributed by atoms with van der Waals surface area (Å²) in [4.78, 5) is 1.53. The van der Waals surface area contributed by atoms with Crippen LogP contribution in [0.3, 0.4) is 0 Å². The molecule has 82 valence electrons. The first-order chi connectivity index (χ1) is 8.43. The number of hydrogen-bond donors (Lipinski definition) is 0. The Morgan fingerprint density at radius 3 is 2.35 bits per heavy atom. The Morgan fingerprint density at radius 1 is 0.882 bits per heavy atom. The first-order valence-electron chi connectivity index (χ1n) is 5.34. The Kier molecular flexibility index (Phi) is 2.38. The van der Waals surface area contributed by atoms with Gasteiger partial charge in [-0.1, -0.05) is 48.5 Å². The van der Waals surface area contributed by atoms with Gasteiger partial charge in [0.05, 0.1) is 5.69 Å². The van der Waals surface area contributed by atoms with E-state index >= 15 is 0 Å². The largest absolute Gasteiger partial charge is 0.205 e. The van der Waals surface area contributed by atoms with Crippen LogP contribution in [0.15, 0.2) is 60.7 Å². The predicted octanol–water partition coefficient (Wildman–Crippen LogP) is 2.33. The van der Waals surface area contributed by atoms with Gasteiger partial charge >= 0.3 is 0 Å². The van der Waals surface area contributed by atoms with Crippen molar-refractivity contribution in [3.8, 4) is 17.1 Å². The number of benzene rings is 2. The summed E-state index contributed by atoms with van der Waals surface area (Å²) < 4.78 is 0. The minimum atomic E-state index is 0.634. The molecule has 1 heterocycles. The van der Waals surface area contributed by atoms with Gasteiger partial charge in [0.2, 0.25) is 5.82 Å². The second kappa shape index (κ2) is 4.17. The number of aromatic nitrogens is 4. The van der Waals surface area contributed by atoms with Crippen LogP contribution in [0.4, 0.5) is 0 Å². The van der Waals surface area contributed by atoms with Crippen molar-refractivity contribution in [3.63, 3.8) is 0 Å². The first kappa shape index (κ1) is 9.72. The van der Waals surface area contributed by atoms with Crippen LogP contribution < -0.4 is 0 Å². The lowest BCUT2D eigenvalue weighted by molar-refractivity contribution is 0.720. The molecule has 0 aliphatic heterocycles. The topological polar surface area (TPSA) is 43.6 Å². The van der Waals surface area contributed by atoms with E-state index in [9.17, 15) is 0 Å². The van der Waals surface area contributed by atoms with Crippen LogP contribution in [-0.2, 0) is 0 Å². The summed E-state index contributed by atoms with van der Waals surface area (Å²) in [5, 5.41) is 12.4. The molecular formula is C13H10N4. The van der Waals surface area contributed by atoms with Crippen molar-refractivity contribution in [2.75, 3.05) is 0 Å². The van der Waals surface area contributed by atoms with E-state index in [1.54, 1.807) is 0 Å². The van der Waals surface area contributed by atoms with Crippen molar-refractivity contribution in [3.05, 3.63) is 60.7 Å². The van der Waals surface area contributed by atoms with Crippen molar-refractivity contribution >= 4 is 0 Å². The molecule has 0 amide bonds. The predicted molar refractivity (Wildman–Crippen MR) is 64.6 cm³/mol. The highest BCUT2D eigenvalue weighted by Gasteiger charge is 2.05. The molecule has 0 atom stereocenters. The molecule has 0 radical (unpaired) electrons. The zero-order chi connectivity index (χ0) is 11.5. The van der Waals surface area contributed by atoms with Gasteiger partial charge in [-0.15, -0.1) is 15.0 Å². The summed E-state index contributed by atoms with van der Waals surface area (Å²) in [6.45, 7) is 0. The summed E-state index contributed by atoms with van der Waals surface area (Å²) in [5.74, 6) is 0.634. The lowest BCUT2D eigenvalue weighted by Crippen LogP contribution is -1.98. The van der Waals surface area contributed by atoms with Crippen molar-refractivity contribution in [2.45, 2.75) is 0 Å². The SMILES string of the molecule is c1ccc(-c2nnn(-[14c]3ccccc3)n2)cc1. The van der Waals surface area contributed by atoms with Crippen LogP contribution in [0, 0.1) is 0 Å². The number of nitrogens with zero attached hydrogens (tertiary/aromatic N) is 4. The lowest BCUT2D eigenvalue weighted by Gasteiger charge is -1.95. The van der Waals surface area contributed by atoms with Gasteiger partial charge < -0.3 is 0 Å². The molecule has 0 saturated carbocycles. The summed E-state index contributed by atoms with van der Waals surface area (Å²) in [6, 6.07) is 19.5. The molecule has 0 unspecified atom stereocenters. The molecule has 0 bridgehead atoms. The van der Waals surface area contributed by atoms with Crippen LogP contribution in [0.1, 0.15) is 0 Å². The molecule has 0 aliphatic rings. The maximum absolute atomic E-state index is 4.35. The number of para-hydroxylation sites is 1. The molecule has 0 saturated heterocycles. The Hall–Kier alpha value is -2.49. The van der Waals surface area contributed by atoms with E-state index in [0.717, 1.165) is 11.3 Å². The fraction of sp³-hybridized carbons (Fsp3) is 0. The van der Waals surface area contributed by atoms with Gasteiger partial charge in [-0.05, 0) is 17.3 Å². The average Bonchev–Trinajstić information content (AvgIpc) is 2.90. The quantitative estimate of drug-likeness (QED) is 0.671. The third kappa shape index (κ3) is 1.92. The lowest BCUT2D eigenvalue weighted by atomic mass is 10.2. The first-order valence-corrected chi connectivity index (χ1v) is 5.34. The van der Waals surface area contributed by atoms with Gasteiger partial charge in [-0.3, -0.25) is 0 Å². The number of tetrazole rings is 1. The molecule has 0 N–H and O–H groups in total. The van der Waals surface area contributed by atoms with Crippen LogP contribution in [0.5, 0.6) is 0 Å². The Morgan fingerprint density at radius 2 is 1.59 bits per heavy atom. The Balaban J connectivity index is 1.99. The molecule has 3 aromatic rings. The third-order valence-electron chi connectivity index (χ3n) is 2.43. The normalized spacial score (nSPS) is 10.4. The van der Waals surface area contributed by atoms with Gasteiger partial charge in [0.25, 0.3) is 0 Å². The smallest absolute Gasteiger partial charge is 0.130 e. The number of rotatable bonds is 2. The monoisotopic (exact) mass is 224 g/mol. The zero-order valence-corrected chi connectivity index (χ0v) is 9.06. The van der Waals surface area contributed by atoms with E-state index in [-0.39, 0.29) is 0 Å². The van der Waals surface area contributed by atoms with Crippen LogP contribution in [0.2, 0.25) is 0 Å². The summed E-state index contributed by atoms with van der Waals surface area (Å²) in [5.41, 5.74) is 1.87. The molecule has 4 heteroatoms. The average molecular weight is 224 g/mol. The standard InChI is InChI=1S/C13H10N4/c1-3-7-11(8-4-1)13-14-16-17(15-13)12-9-5-2-6-10-12/h1-10H/i12+2. The van der Waals surface area contributed by atoms with Crippen molar-refractivity contribution in [2.24, 2.45) is 0 Å². The van der Waals surface area contributed by atoms with Gasteiger partial charge in [0.15, 0.2) is 0 Å².